The second kappa shape index (κ2) is 8.60. The van der Waals surface area contributed by atoms with Gasteiger partial charge in [-0.05, 0) is 51.1 Å². The average molecular weight is 385 g/mol. The van der Waals surface area contributed by atoms with Crippen molar-refractivity contribution in [1.82, 2.24) is 20.0 Å². The molecule has 1 aromatic carbocycles. The summed E-state index contributed by atoms with van der Waals surface area (Å²) in [4.78, 5) is 14.9. The molecule has 0 unspecified atom stereocenters. The summed E-state index contributed by atoms with van der Waals surface area (Å²) in [5, 5.41) is 7.53. The zero-order valence-corrected chi connectivity index (χ0v) is 15.4. The van der Waals surface area contributed by atoms with Crippen LogP contribution in [0.25, 0.3) is 0 Å². The van der Waals surface area contributed by atoms with Gasteiger partial charge in [0.1, 0.15) is 17.2 Å². The van der Waals surface area contributed by atoms with Crippen molar-refractivity contribution in [1.29, 1.82) is 0 Å². The molecule has 0 spiro atoms. The molecule has 2 aromatic rings. The zero-order valence-electron chi connectivity index (χ0n) is 14.6. The molecule has 0 aliphatic carbocycles. The first-order valence-electron chi connectivity index (χ1n) is 8.51. The minimum atomic E-state index is -0.813. The number of hydrogen-bond acceptors (Lipinski definition) is 3. The predicted octanol–water partition coefficient (Wildman–Crippen LogP) is 2.71. The monoisotopic (exact) mass is 384 g/mol. The number of carbonyl (C=O) groups excluding carboxylic acids is 1. The molecule has 0 bridgehead atoms. The molecule has 1 aliphatic rings. The van der Waals surface area contributed by atoms with Gasteiger partial charge in [-0.1, -0.05) is 6.07 Å². The summed E-state index contributed by atoms with van der Waals surface area (Å²) < 4.78 is 29.7. The van der Waals surface area contributed by atoms with Gasteiger partial charge in [0, 0.05) is 24.5 Å². The molecular weight excluding hydrogens is 362 g/mol. The van der Waals surface area contributed by atoms with Crippen LogP contribution >= 0.6 is 12.4 Å². The summed E-state index contributed by atoms with van der Waals surface area (Å²) in [6.07, 6.45) is 4.60. The fourth-order valence-electron chi connectivity index (χ4n) is 3.40. The van der Waals surface area contributed by atoms with E-state index in [1.165, 1.54) is 23.1 Å². The lowest BCUT2D eigenvalue weighted by atomic mass is 9.86. The van der Waals surface area contributed by atoms with E-state index in [0.29, 0.717) is 32.5 Å². The largest absolute Gasteiger partial charge is 0.336 e. The van der Waals surface area contributed by atoms with Crippen LogP contribution in [0.2, 0.25) is 0 Å². The molecular formula is C18H23ClF2N4O. The number of carbonyl (C=O) groups is 1. The topological polar surface area (TPSA) is 50.2 Å². The van der Waals surface area contributed by atoms with Crippen molar-refractivity contribution in [2.45, 2.75) is 31.8 Å². The van der Waals surface area contributed by atoms with E-state index in [1.807, 2.05) is 6.92 Å². The molecule has 2 heterocycles. The molecule has 1 N–H and O–H groups in total. The second-order valence-electron chi connectivity index (χ2n) is 6.25. The van der Waals surface area contributed by atoms with Crippen molar-refractivity contribution in [3.05, 3.63) is 53.9 Å². The second-order valence-corrected chi connectivity index (χ2v) is 6.25. The van der Waals surface area contributed by atoms with E-state index in [9.17, 15) is 13.6 Å². The van der Waals surface area contributed by atoms with Gasteiger partial charge in [-0.3, -0.25) is 9.48 Å². The van der Waals surface area contributed by atoms with Crippen molar-refractivity contribution in [2.75, 3.05) is 19.6 Å². The van der Waals surface area contributed by atoms with Crippen LogP contribution in [-0.2, 0) is 16.9 Å². The minimum Gasteiger partial charge on any atom is -0.336 e. The highest BCUT2D eigenvalue weighted by molar-refractivity contribution is 5.85. The van der Waals surface area contributed by atoms with E-state index in [4.69, 9.17) is 0 Å². The van der Waals surface area contributed by atoms with E-state index in [2.05, 4.69) is 10.4 Å². The number of benzene rings is 1. The number of nitrogens with one attached hydrogen (secondary N) is 1. The molecule has 1 fully saturated rings. The van der Waals surface area contributed by atoms with Crippen molar-refractivity contribution in [3.8, 4) is 0 Å². The van der Waals surface area contributed by atoms with Gasteiger partial charge in [0.05, 0.1) is 6.54 Å². The lowest BCUT2D eigenvalue weighted by Crippen LogP contribution is -2.55. The Morgan fingerprint density at radius 1 is 1.27 bits per heavy atom. The first kappa shape index (κ1) is 20.3. The average Bonchev–Trinajstić information content (AvgIpc) is 3.17. The highest BCUT2D eigenvalue weighted by Gasteiger charge is 2.44. The van der Waals surface area contributed by atoms with Crippen LogP contribution in [-0.4, -0.2) is 40.2 Å². The van der Waals surface area contributed by atoms with Crippen LogP contribution in [0.1, 0.15) is 25.3 Å². The van der Waals surface area contributed by atoms with Gasteiger partial charge in [-0.15, -0.1) is 12.4 Å². The molecule has 0 atom stereocenters. The van der Waals surface area contributed by atoms with Crippen molar-refractivity contribution in [3.63, 3.8) is 0 Å². The summed E-state index contributed by atoms with van der Waals surface area (Å²) in [5.41, 5.74) is -0.894. The molecule has 8 heteroatoms. The Kier molecular flexibility index (Phi) is 6.72. The highest BCUT2D eigenvalue weighted by atomic mass is 35.5. The van der Waals surface area contributed by atoms with E-state index < -0.39 is 17.2 Å². The minimum absolute atomic E-state index is 0. The number of piperidine rings is 1. The highest BCUT2D eigenvalue weighted by Crippen LogP contribution is 2.30. The van der Waals surface area contributed by atoms with Gasteiger partial charge >= 0.3 is 0 Å². The fourth-order valence-corrected chi connectivity index (χ4v) is 3.40. The number of hydrogen-bond donors (Lipinski definition) is 1. The maximum atomic E-state index is 14.0. The van der Waals surface area contributed by atoms with Gasteiger partial charge in [-0.25, -0.2) is 8.78 Å². The summed E-state index contributed by atoms with van der Waals surface area (Å²) in [5.74, 6) is -1.42. The van der Waals surface area contributed by atoms with Crippen molar-refractivity contribution in [2.24, 2.45) is 0 Å². The van der Waals surface area contributed by atoms with Crippen LogP contribution in [0.4, 0.5) is 8.78 Å². The zero-order chi connectivity index (χ0) is 17.9. The normalized spacial score (nSPS) is 16.0. The van der Waals surface area contributed by atoms with E-state index in [0.717, 1.165) is 0 Å². The molecule has 5 nitrogen and oxygen atoms in total. The number of nitrogens with zero attached hydrogens (tertiary/aromatic N) is 3. The molecule has 1 amide bonds. The summed E-state index contributed by atoms with van der Waals surface area (Å²) in [7, 11) is 0. The summed E-state index contributed by atoms with van der Waals surface area (Å²) in [6, 6.07) is 5.53. The van der Waals surface area contributed by atoms with Gasteiger partial charge in [-0.2, -0.15) is 5.10 Å². The fraction of sp³-hybridized carbons (Fsp3) is 0.444. The molecule has 0 saturated carbocycles. The number of likely N-dealkylation sites (N-methyl/N-ethyl adjacent to an activating group) is 1. The summed E-state index contributed by atoms with van der Waals surface area (Å²) in [6.45, 7) is 3.47. The smallest absolute Gasteiger partial charge is 0.250 e. The Hall–Kier alpha value is -1.99. The van der Waals surface area contributed by atoms with Crippen molar-refractivity contribution >= 4 is 18.3 Å². The number of amides is 1. The van der Waals surface area contributed by atoms with Gasteiger partial charge in [0.25, 0.3) is 5.91 Å². The maximum absolute atomic E-state index is 14.0. The lowest BCUT2D eigenvalue weighted by molar-refractivity contribution is -0.143. The van der Waals surface area contributed by atoms with E-state index in [1.54, 1.807) is 23.1 Å². The Morgan fingerprint density at radius 2 is 1.92 bits per heavy atom. The van der Waals surface area contributed by atoms with Gasteiger partial charge < -0.3 is 10.2 Å². The lowest BCUT2D eigenvalue weighted by Gasteiger charge is -2.40. The third-order valence-corrected chi connectivity index (χ3v) is 4.85. The maximum Gasteiger partial charge on any atom is 0.250 e. The molecule has 1 aromatic heterocycles. The number of rotatable bonds is 5. The number of halogens is 3. The van der Waals surface area contributed by atoms with E-state index >= 15 is 0 Å². The third kappa shape index (κ3) is 3.73. The Bertz CT molecular complexity index is 713. The first-order chi connectivity index (χ1) is 12.1. The SMILES string of the molecule is CCN(Cc1c(F)cccc1F)C(=O)C1(n2cccn2)CCNCC1.Cl. The molecule has 142 valence electrons. The van der Waals surface area contributed by atoms with Crippen LogP contribution in [0.15, 0.2) is 36.7 Å². The Labute approximate surface area is 157 Å². The third-order valence-electron chi connectivity index (χ3n) is 4.85. The molecule has 1 saturated heterocycles. The van der Waals surface area contributed by atoms with Crippen LogP contribution in [0, 0.1) is 11.6 Å². The first-order valence-corrected chi connectivity index (χ1v) is 8.51. The molecule has 0 radical (unpaired) electrons. The van der Waals surface area contributed by atoms with Crippen LogP contribution in [0.3, 0.4) is 0 Å². The van der Waals surface area contributed by atoms with Gasteiger partial charge in [0.15, 0.2) is 0 Å². The Balaban J connectivity index is 0.00000243. The van der Waals surface area contributed by atoms with Gasteiger partial charge in [0.2, 0.25) is 0 Å². The van der Waals surface area contributed by atoms with Crippen LogP contribution in [0.5, 0.6) is 0 Å². The number of aromatic nitrogens is 2. The Morgan fingerprint density at radius 3 is 2.46 bits per heavy atom. The standard InChI is InChI=1S/C18H22F2N4O.ClH/c1-2-23(13-14-15(19)5-3-6-16(14)20)17(25)18(7-10-21-11-8-18)24-12-4-9-22-24;/h3-6,9,12,21H,2,7-8,10-11,13H2,1H3;1H. The van der Waals surface area contributed by atoms with Crippen molar-refractivity contribution < 1.29 is 13.6 Å². The molecule has 26 heavy (non-hydrogen) atoms. The molecule has 1 aliphatic heterocycles. The van der Waals surface area contributed by atoms with Crippen LogP contribution < -0.4 is 5.32 Å². The van der Waals surface area contributed by atoms with E-state index in [-0.39, 0.29) is 30.4 Å². The quantitative estimate of drug-likeness (QED) is 0.862. The summed E-state index contributed by atoms with van der Waals surface area (Å²) >= 11 is 0. The predicted molar refractivity (Wildman–Crippen MR) is 97.0 cm³/mol. The molecule has 3 rings (SSSR count).